The van der Waals surface area contributed by atoms with Crippen LogP contribution in [0.5, 0.6) is 0 Å². The molecule has 2 rings (SSSR count). The summed E-state index contributed by atoms with van der Waals surface area (Å²) in [7, 11) is 0. The Bertz CT molecular complexity index is 537. The number of nitrogens with two attached hydrogens (primary N) is 1. The number of nitrogens with one attached hydrogen (secondary N) is 1. The van der Waals surface area contributed by atoms with Crippen LogP contribution in [0.4, 0.5) is 5.69 Å². The number of amides is 1. The van der Waals surface area contributed by atoms with Crippen LogP contribution in [0.25, 0.3) is 0 Å². The van der Waals surface area contributed by atoms with E-state index in [0.29, 0.717) is 19.8 Å². The van der Waals surface area contributed by atoms with Gasteiger partial charge in [0.2, 0.25) is 5.91 Å². The van der Waals surface area contributed by atoms with E-state index in [1.807, 2.05) is 25.1 Å². The number of ether oxygens (including phenoxy) is 1. The lowest BCUT2D eigenvalue weighted by molar-refractivity contribution is -0.122. The van der Waals surface area contributed by atoms with Crippen molar-refractivity contribution >= 4 is 11.6 Å². The first-order valence-corrected chi connectivity index (χ1v) is 6.89. The lowest BCUT2D eigenvalue weighted by Gasteiger charge is -2.21. The minimum absolute atomic E-state index is 0.0554. The summed E-state index contributed by atoms with van der Waals surface area (Å²) in [5.74, 6) is 5.94. The number of hydrogen-bond acceptors (Lipinski definition) is 3. The maximum Gasteiger partial charge on any atom is 0.227 e. The molecule has 0 aliphatic carbocycles. The molecule has 1 aromatic rings. The quantitative estimate of drug-likeness (QED) is 0.805. The van der Waals surface area contributed by atoms with Crippen LogP contribution in [0.15, 0.2) is 18.2 Å². The van der Waals surface area contributed by atoms with Crippen LogP contribution >= 0.6 is 0 Å². The molecule has 0 aromatic heterocycles. The molecule has 0 bridgehead atoms. The third kappa shape index (κ3) is 3.83. The Labute approximate surface area is 119 Å². The molecule has 0 saturated carbocycles. The fraction of sp³-hybridized carbons (Fsp3) is 0.438. The Morgan fingerprint density at radius 3 is 2.85 bits per heavy atom. The Morgan fingerprint density at radius 2 is 2.20 bits per heavy atom. The van der Waals surface area contributed by atoms with E-state index in [1.165, 1.54) is 0 Å². The molecule has 0 unspecified atom stereocenters. The van der Waals surface area contributed by atoms with Crippen LogP contribution in [0.3, 0.4) is 0 Å². The third-order valence-corrected chi connectivity index (χ3v) is 3.41. The first-order valence-electron chi connectivity index (χ1n) is 6.89. The van der Waals surface area contributed by atoms with E-state index in [4.69, 9.17) is 10.5 Å². The number of carbonyl (C=O) groups excluding carboxylic acids is 1. The van der Waals surface area contributed by atoms with Crippen LogP contribution in [-0.2, 0) is 9.53 Å². The first-order chi connectivity index (χ1) is 9.70. The average Bonchev–Trinajstić information content (AvgIpc) is 2.48. The summed E-state index contributed by atoms with van der Waals surface area (Å²) in [6.07, 6.45) is 1.59. The maximum absolute atomic E-state index is 12.2. The van der Waals surface area contributed by atoms with Crippen molar-refractivity contribution in [2.45, 2.75) is 19.8 Å². The highest BCUT2D eigenvalue weighted by molar-refractivity contribution is 5.93. The summed E-state index contributed by atoms with van der Waals surface area (Å²) in [6.45, 7) is 3.66. The van der Waals surface area contributed by atoms with Crippen molar-refractivity contribution in [3.05, 3.63) is 29.3 Å². The highest BCUT2D eigenvalue weighted by Gasteiger charge is 2.21. The Hall–Kier alpha value is -1.83. The molecule has 20 heavy (non-hydrogen) atoms. The minimum atomic E-state index is 0.0554. The van der Waals surface area contributed by atoms with E-state index in [1.54, 1.807) is 0 Å². The van der Waals surface area contributed by atoms with Crippen LogP contribution in [0, 0.1) is 24.7 Å². The standard InChI is InChI=1S/C16H20N2O2/c1-12-11-13(3-2-8-17)4-5-15(12)18-16(19)14-6-9-20-10-7-14/h4-5,11,14H,6-10,17H2,1H3,(H,18,19). The minimum Gasteiger partial charge on any atom is -0.381 e. The molecule has 1 aliphatic rings. The number of benzene rings is 1. The molecule has 0 atom stereocenters. The number of aryl methyl sites for hydroxylation is 1. The zero-order valence-electron chi connectivity index (χ0n) is 11.7. The average molecular weight is 272 g/mol. The molecule has 1 amide bonds. The molecular formula is C16H20N2O2. The van der Waals surface area contributed by atoms with Gasteiger partial charge in [-0.2, -0.15) is 0 Å². The summed E-state index contributed by atoms with van der Waals surface area (Å²) in [4.78, 5) is 12.2. The van der Waals surface area contributed by atoms with Gasteiger partial charge in [0.05, 0.1) is 6.54 Å². The van der Waals surface area contributed by atoms with Crippen molar-refractivity contribution in [1.29, 1.82) is 0 Å². The Kier molecular flexibility index (Phi) is 5.16. The molecule has 1 aromatic carbocycles. The van der Waals surface area contributed by atoms with Crippen molar-refractivity contribution < 1.29 is 9.53 Å². The van der Waals surface area contributed by atoms with Gasteiger partial charge in [-0.15, -0.1) is 0 Å². The molecular weight excluding hydrogens is 252 g/mol. The van der Waals surface area contributed by atoms with Gasteiger partial charge in [-0.25, -0.2) is 0 Å². The van der Waals surface area contributed by atoms with Gasteiger partial charge in [0.15, 0.2) is 0 Å². The molecule has 1 aliphatic heterocycles. The SMILES string of the molecule is Cc1cc(C#CCN)ccc1NC(=O)C1CCOCC1. The molecule has 4 nitrogen and oxygen atoms in total. The molecule has 1 heterocycles. The summed E-state index contributed by atoms with van der Waals surface area (Å²) in [6, 6.07) is 5.75. The monoisotopic (exact) mass is 272 g/mol. The van der Waals surface area contributed by atoms with E-state index in [0.717, 1.165) is 29.7 Å². The number of anilines is 1. The van der Waals surface area contributed by atoms with E-state index in [2.05, 4.69) is 17.2 Å². The van der Waals surface area contributed by atoms with E-state index < -0.39 is 0 Å². The highest BCUT2D eigenvalue weighted by atomic mass is 16.5. The van der Waals surface area contributed by atoms with Gasteiger partial charge in [-0.3, -0.25) is 4.79 Å². The van der Waals surface area contributed by atoms with Gasteiger partial charge >= 0.3 is 0 Å². The summed E-state index contributed by atoms with van der Waals surface area (Å²) < 4.78 is 5.27. The van der Waals surface area contributed by atoms with Gasteiger partial charge in [-0.1, -0.05) is 11.8 Å². The van der Waals surface area contributed by atoms with Crippen LogP contribution in [-0.4, -0.2) is 25.7 Å². The zero-order chi connectivity index (χ0) is 14.4. The predicted molar refractivity (Wildman–Crippen MR) is 79.3 cm³/mol. The molecule has 0 radical (unpaired) electrons. The van der Waals surface area contributed by atoms with E-state index in [-0.39, 0.29) is 11.8 Å². The number of rotatable bonds is 2. The fourth-order valence-corrected chi connectivity index (χ4v) is 2.23. The van der Waals surface area contributed by atoms with Gasteiger partial charge in [-0.05, 0) is 43.5 Å². The Balaban J connectivity index is 2.03. The normalized spacial score (nSPS) is 15.3. The van der Waals surface area contributed by atoms with Gasteiger partial charge in [0, 0.05) is 30.4 Å². The molecule has 1 saturated heterocycles. The van der Waals surface area contributed by atoms with E-state index >= 15 is 0 Å². The highest BCUT2D eigenvalue weighted by Crippen LogP contribution is 2.20. The lowest BCUT2D eigenvalue weighted by Crippen LogP contribution is -2.28. The van der Waals surface area contributed by atoms with Crippen molar-refractivity contribution in [1.82, 2.24) is 0 Å². The van der Waals surface area contributed by atoms with Gasteiger partial charge < -0.3 is 15.8 Å². The first kappa shape index (κ1) is 14.6. The predicted octanol–water partition coefficient (Wildman–Crippen LogP) is 1.67. The molecule has 106 valence electrons. The van der Waals surface area contributed by atoms with Crippen LogP contribution in [0.2, 0.25) is 0 Å². The second kappa shape index (κ2) is 7.09. The number of hydrogen-bond donors (Lipinski definition) is 2. The lowest BCUT2D eigenvalue weighted by atomic mass is 9.99. The summed E-state index contributed by atoms with van der Waals surface area (Å²) >= 11 is 0. The smallest absolute Gasteiger partial charge is 0.227 e. The van der Waals surface area contributed by atoms with Crippen LogP contribution in [0.1, 0.15) is 24.0 Å². The maximum atomic E-state index is 12.2. The van der Waals surface area contributed by atoms with Crippen molar-refractivity contribution in [3.63, 3.8) is 0 Å². The second-order valence-corrected chi connectivity index (χ2v) is 4.91. The van der Waals surface area contributed by atoms with Crippen LogP contribution < -0.4 is 11.1 Å². The van der Waals surface area contributed by atoms with Gasteiger partial charge in [0.1, 0.15) is 0 Å². The van der Waals surface area contributed by atoms with E-state index in [9.17, 15) is 4.79 Å². The summed E-state index contributed by atoms with van der Waals surface area (Å²) in [5.41, 5.74) is 8.12. The van der Waals surface area contributed by atoms with Gasteiger partial charge in [0.25, 0.3) is 0 Å². The molecule has 3 N–H and O–H groups in total. The summed E-state index contributed by atoms with van der Waals surface area (Å²) in [5, 5.41) is 3.00. The second-order valence-electron chi connectivity index (χ2n) is 4.91. The number of carbonyl (C=O) groups is 1. The third-order valence-electron chi connectivity index (χ3n) is 3.41. The zero-order valence-corrected chi connectivity index (χ0v) is 11.7. The topological polar surface area (TPSA) is 64.3 Å². The molecule has 1 fully saturated rings. The van der Waals surface area contributed by atoms with Crippen molar-refractivity contribution in [2.24, 2.45) is 11.7 Å². The Morgan fingerprint density at radius 1 is 1.45 bits per heavy atom. The van der Waals surface area contributed by atoms with Crippen molar-refractivity contribution in [2.75, 3.05) is 25.1 Å². The van der Waals surface area contributed by atoms with Crippen molar-refractivity contribution in [3.8, 4) is 11.8 Å². The molecule has 4 heteroatoms. The largest absolute Gasteiger partial charge is 0.381 e. The fourth-order valence-electron chi connectivity index (χ4n) is 2.23. The molecule has 0 spiro atoms.